The van der Waals surface area contributed by atoms with Gasteiger partial charge in [0, 0.05) is 26.1 Å². The number of carbonyl (C=O) groups excluding carboxylic acids is 1. The fraction of sp³-hybridized carbons (Fsp3) is 0.650. The van der Waals surface area contributed by atoms with E-state index in [0.29, 0.717) is 36.7 Å². The van der Waals surface area contributed by atoms with Gasteiger partial charge in [0.05, 0.1) is 4.90 Å². The summed E-state index contributed by atoms with van der Waals surface area (Å²) >= 11 is 0. The molecule has 2 rings (SSSR count). The summed E-state index contributed by atoms with van der Waals surface area (Å²) in [7, 11) is -3.42. The fourth-order valence-electron chi connectivity index (χ4n) is 3.47. The maximum atomic E-state index is 12.5. The van der Waals surface area contributed by atoms with Crippen LogP contribution in [0.4, 0.5) is 0 Å². The van der Waals surface area contributed by atoms with Gasteiger partial charge in [-0.25, -0.2) is 8.42 Å². The van der Waals surface area contributed by atoms with Gasteiger partial charge in [-0.2, -0.15) is 4.31 Å². The highest BCUT2D eigenvalue weighted by Gasteiger charge is 2.21. The van der Waals surface area contributed by atoms with Crippen molar-refractivity contribution < 1.29 is 13.2 Å². The Morgan fingerprint density at radius 3 is 2.46 bits per heavy atom. The fourth-order valence-corrected chi connectivity index (χ4v) is 4.93. The van der Waals surface area contributed by atoms with Crippen LogP contribution in [0.25, 0.3) is 0 Å². The Hall–Kier alpha value is -1.15. The summed E-state index contributed by atoms with van der Waals surface area (Å²) in [5.74, 6) is 0.720. The van der Waals surface area contributed by atoms with E-state index in [-0.39, 0.29) is 18.3 Å². The first-order valence-corrected chi connectivity index (χ1v) is 11.5. The monoisotopic (exact) mass is 431 g/mol. The van der Waals surface area contributed by atoms with Gasteiger partial charge in [0.15, 0.2) is 0 Å². The molecule has 160 valence electrons. The van der Waals surface area contributed by atoms with Crippen molar-refractivity contribution in [3.63, 3.8) is 0 Å². The highest BCUT2D eigenvalue weighted by molar-refractivity contribution is 7.89. The normalized spacial score (nSPS) is 17.2. The zero-order valence-electron chi connectivity index (χ0n) is 16.9. The number of halogens is 1. The first kappa shape index (κ1) is 24.9. The van der Waals surface area contributed by atoms with Gasteiger partial charge in [-0.05, 0) is 62.4 Å². The molecule has 0 spiro atoms. The van der Waals surface area contributed by atoms with E-state index in [1.807, 2.05) is 13.8 Å². The largest absolute Gasteiger partial charge is 0.356 e. The lowest BCUT2D eigenvalue weighted by Gasteiger charge is -2.22. The number of carbonyl (C=O) groups is 1. The maximum Gasteiger partial charge on any atom is 0.243 e. The van der Waals surface area contributed by atoms with E-state index >= 15 is 0 Å². The Morgan fingerprint density at radius 2 is 1.89 bits per heavy atom. The molecule has 1 saturated heterocycles. The van der Waals surface area contributed by atoms with Gasteiger partial charge in [-0.3, -0.25) is 4.79 Å². The summed E-state index contributed by atoms with van der Waals surface area (Å²) in [5, 5.41) is 6.39. The zero-order chi connectivity index (χ0) is 19.7. The van der Waals surface area contributed by atoms with Crippen LogP contribution in [0.1, 0.15) is 45.1 Å². The third-order valence-corrected chi connectivity index (χ3v) is 7.25. The lowest BCUT2D eigenvalue weighted by atomic mass is 9.96. The molecular formula is C20H34ClN3O3S. The second-order valence-electron chi connectivity index (χ2n) is 7.08. The Kier molecular flexibility index (Phi) is 11.0. The minimum absolute atomic E-state index is 0. The number of nitrogens with one attached hydrogen (secondary N) is 2. The van der Waals surface area contributed by atoms with E-state index in [4.69, 9.17) is 0 Å². The van der Waals surface area contributed by atoms with Crippen molar-refractivity contribution in [2.24, 2.45) is 5.92 Å². The van der Waals surface area contributed by atoms with Crippen LogP contribution in [0.5, 0.6) is 0 Å². The molecule has 0 aliphatic carbocycles. The number of rotatable bonds is 10. The van der Waals surface area contributed by atoms with Crippen LogP contribution in [0.15, 0.2) is 29.2 Å². The second-order valence-corrected chi connectivity index (χ2v) is 9.02. The smallest absolute Gasteiger partial charge is 0.243 e. The van der Waals surface area contributed by atoms with Crippen molar-refractivity contribution in [1.82, 2.24) is 14.9 Å². The first-order valence-electron chi connectivity index (χ1n) is 10.0. The van der Waals surface area contributed by atoms with Gasteiger partial charge in [0.25, 0.3) is 0 Å². The van der Waals surface area contributed by atoms with Gasteiger partial charge < -0.3 is 10.6 Å². The summed E-state index contributed by atoms with van der Waals surface area (Å²) in [6.45, 7) is 7.47. The summed E-state index contributed by atoms with van der Waals surface area (Å²) in [5.41, 5.74) is 0.972. The van der Waals surface area contributed by atoms with Crippen LogP contribution in [-0.4, -0.2) is 51.4 Å². The number of sulfonamides is 1. The highest BCUT2D eigenvalue weighted by atomic mass is 35.5. The number of amides is 1. The minimum atomic E-state index is -3.42. The molecule has 1 unspecified atom stereocenters. The van der Waals surface area contributed by atoms with Crippen LogP contribution in [0, 0.1) is 5.92 Å². The standard InChI is InChI=1S/C20H33N3O3S.ClH/c1-3-23(4-2)27(25,26)19-10-7-17(8-11-19)9-12-20(24)22-15-13-18-6-5-14-21-16-18;/h7-8,10-11,18,21H,3-6,9,12-16H2,1-2H3,(H,22,24);1H. The van der Waals surface area contributed by atoms with Crippen LogP contribution in [0.2, 0.25) is 0 Å². The van der Waals surface area contributed by atoms with E-state index < -0.39 is 10.0 Å². The van der Waals surface area contributed by atoms with Gasteiger partial charge in [-0.15, -0.1) is 12.4 Å². The minimum Gasteiger partial charge on any atom is -0.356 e. The molecule has 1 aromatic rings. The van der Waals surface area contributed by atoms with E-state index in [1.54, 1.807) is 24.3 Å². The summed E-state index contributed by atoms with van der Waals surface area (Å²) in [6.07, 6.45) is 4.52. The van der Waals surface area contributed by atoms with Gasteiger partial charge in [-0.1, -0.05) is 26.0 Å². The van der Waals surface area contributed by atoms with E-state index in [2.05, 4.69) is 10.6 Å². The molecule has 28 heavy (non-hydrogen) atoms. The van der Waals surface area contributed by atoms with E-state index in [1.165, 1.54) is 17.1 Å². The number of hydrogen-bond donors (Lipinski definition) is 2. The molecule has 6 nitrogen and oxygen atoms in total. The Labute approximate surface area is 175 Å². The SMILES string of the molecule is CCN(CC)S(=O)(=O)c1ccc(CCC(=O)NCCC2CCCNC2)cc1.Cl. The van der Waals surface area contributed by atoms with Crippen molar-refractivity contribution in [2.75, 3.05) is 32.7 Å². The van der Waals surface area contributed by atoms with E-state index in [0.717, 1.165) is 31.6 Å². The van der Waals surface area contributed by atoms with Crippen LogP contribution < -0.4 is 10.6 Å². The van der Waals surface area contributed by atoms with Crippen LogP contribution in [-0.2, 0) is 21.2 Å². The topological polar surface area (TPSA) is 78.5 Å². The van der Waals surface area contributed by atoms with Crippen molar-refractivity contribution >= 4 is 28.3 Å². The number of benzene rings is 1. The Balaban J connectivity index is 0.00000392. The number of piperidine rings is 1. The average molecular weight is 432 g/mol. The van der Waals surface area contributed by atoms with Gasteiger partial charge in [0.1, 0.15) is 0 Å². The van der Waals surface area contributed by atoms with Gasteiger partial charge >= 0.3 is 0 Å². The second kappa shape index (κ2) is 12.4. The predicted molar refractivity (Wildman–Crippen MR) is 115 cm³/mol. The number of aryl methyl sites for hydroxylation is 1. The maximum absolute atomic E-state index is 12.5. The zero-order valence-corrected chi connectivity index (χ0v) is 18.6. The average Bonchev–Trinajstić information content (AvgIpc) is 2.68. The van der Waals surface area contributed by atoms with Crippen molar-refractivity contribution in [3.8, 4) is 0 Å². The summed E-state index contributed by atoms with van der Waals surface area (Å²) in [6, 6.07) is 6.88. The van der Waals surface area contributed by atoms with Crippen molar-refractivity contribution in [3.05, 3.63) is 29.8 Å². The summed E-state index contributed by atoms with van der Waals surface area (Å²) < 4.78 is 26.4. The molecule has 8 heteroatoms. The first-order chi connectivity index (χ1) is 13.0. The third kappa shape index (κ3) is 7.35. The Bertz CT molecular complexity index is 685. The number of nitrogens with zero attached hydrogens (tertiary/aromatic N) is 1. The molecular weight excluding hydrogens is 398 g/mol. The van der Waals surface area contributed by atoms with Gasteiger partial charge in [0.2, 0.25) is 15.9 Å². The van der Waals surface area contributed by atoms with Crippen LogP contribution >= 0.6 is 12.4 Å². The van der Waals surface area contributed by atoms with E-state index in [9.17, 15) is 13.2 Å². The quantitative estimate of drug-likeness (QED) is 0.596. The Morgan fingerprint density at radius 1 is 1.21 bits per heavy atom. The lowest BCUT2D eigenvalue weighted by molar-refractivity contribution is -0.121. The van der Waals surface area contributed by atoms with Crippen LogP contribution in [0.3, 0.4) is 0 Å². The molecule has 1 atom stereocenters. The highest BCUT2D eigenvalue weighted by Crippen LogP contribution is 2.17. The van der Waals surface area contributed by atoms with Crippen molar-refractivity contribution in [1.29, 1.82) is 0 Å². The predicted octanol–water partition coefficient (Wildman–Crippen LogP) is 2.58. The van der Waals surface area contributed by atoms with Crippen molar-refractivity contribution in [2.45, 2.75) is 50.8 Å². The lowest BCUT2D eigenvalue weighted by Crippen LogP contribution is -2.33. The molecule has 0 radical (unpaired) electrons. The molecule has 1 aliphatic rings. The summed E-state index contributed by atoms with van der Waals surface area (Å²) in [4.78, 5) is 12.3. The molecule has 2 N–H and O–H groups in total. The third-order valence-electron chi connectivity index (χ3n) is 5.18. The molecule has 0 aromatic heterocycles. The molecule has 1 aromatic carbocycles. The molecule has 0 bridgehead atoms. The molecule has 0 saturated carbocycles. The molecule has 1 heterocycles. The molecule has 1 amide bonds. The molecule has 1 aliphatic heterocycles. The number of hydrogen-bond acceptors (Lipinski definition) is 4. The molecule has 1 fully saturated rings.